The second-order valence-corrected chi connectivity index (χ2v) is 7.86. The molecule has 0 saturated carbocycles. The van der Waals surface area contributed by atoms with Gasteiger partial charge >= 0.3 is 0 Å². The highest BCUT2D eigenvalue weighted by atomic mass is 35.5. The number of aromatic nitrogens is 5. The van der Waals surface area contributed by atoms with Crippen LogP contribution in [0.1, 0.15) is 5.82 Å². The number of amides is 1. The number of allylic oxidation sites excluding steroid dienone is 1. The van der Waals surface area contributed by atoms with Gasteiger partial charge in [0.05, 0.1) is 10.8 Å². The van der Waals surface area contributed by atoms with Gasteiger partial charge < -0.3 is 4.74 Å². The Morgan fingerprint density at radius 3 is 2.93 bits per heavy atom. The predicted octanol–water partition coefficient (Wildman–Crippen LogP) is 3.93. The van der Waals surface area contributed by atoms with Crippen molar-refractivity contribution in [2.75, 3.05) is 11.1 Å². The van der Waals surface area contributed by atoms with E-state index in [4.69, 9.17) is 27.9 Å². The van der Waals surface area contributed by atoms with Crippen molar-refractivity contribution in [2.45, 2.75) is 18.3 Å². The first-order valence-corrected chi connectivity index (χ1v) is 10.5. The molecule has 0 spiro atoms. The summed E-state index contributed by atoms with van der Waals surface area (Å²) in [5.74, 6) is 1.02. The number of anilines is 1. The Morgan fingerprint density at radius 2 is 2.21 bits per heavy atom. The largest absolute Gasteiger partial charge is 0.484 e. The Morgan fingerprint density at radius 1 is 1.36 bits per heavy atom. The number of nitrogens with one attached hydrogen (secondary N) is 1. The molecule has 0 radical (unpaired) electrons. The van der Waals surface area contributed by atoms with E-state index in [0.717, 1.165) is 0 Å². The number of ether oxygens (including phenoxy) is 1. The van der Waals surface area contributed by atoms with Crippen LogP contribution in [0.5, 0.6) is 5.75 Å². The molecule has 0 aliphatic rings. The number of carbonyl (C=O) groups is 1. The monoisotopic (exact) mass is 456 g/mol. The van der Waals surface area contributed by atoms with E-state index in [2.05, 4.69) is 32.3 Å². The van der Waals surface area contributed by atoms with Crippen LogP contribution in [0.4, 0.5) is 5.13 Å². The highest BCUT2D eigenvalue weighted by Gasteiger charge is 2.15. The van der Waals surface area contributed by atoms with E-state index in [1.165, 1.54) is 23.1 Å². The lowest BCUT2D eigenvalue weighted by atomic mass is 10.3. The molecule has 0 unspecified atom stereocenters. The topological polar surface area (TPSA) is 94.8 Å². The van der Waals surface area contributed by atoms with E-state index in [9.17, 15) is 4.79 Å². The minimum atomic E-state index is -0.208. The summed E-state index contributed by atoms with van der Waals surface area (Å²) in [5, 5.41) is 20.4. The summed E-state index contributed by atoms with van der Waals surface area (Å²) in [4.78, 5) is 12.0. The zero-order chi connectivity index (χ0) is 19.9. The van der Waals surface area contributed by atoms with Gasteiger partial charge in [-0.2, -0.15) is 0 Å². The van der Waals surface area contributed by atoms with Crippen LogP contribution in [0, 0.1) is 0 Å². The third-order valence-corrected chi connectivity index (χ3v) is 5.40. The average Bonchev–Trinajstić information content (AvgIpc) is 3.30. The first-order valence-electron chi connectivity index (χ1n) is 7.86. The van der Waals surface area contributed by atoms with Gasteiger partial charge in [-0.3, -0.25) is 14.7 Å². The van der Waals surface area contributed by atoms with E-state index >= 15 is 0 Å². The molecule has 3 rings (SSSR count). The highest BCUT2D eigenvalue weighted by Crippen LogP contribution is 2.28. The number of carbonyl (C=O) groups excluding carboxylic acids is 1. The van der Waals surface area contributed by atoms with Crippen molar-refractivity contribution in [1.29, 1.82) is 0 Å². The molecule has 28 heavy (non-hydrogen) atoms. The molecule has 3 aromatic rings. The third-order valence-electron chi connectivity index (χ3n) is 3.29. The zero-order valence-corrected chi connectivity index (χ0v) is 17.5. The summed E-state index contributed by atoms with van der Waals surface area (Å²) in [6, 6.07) is 4.98. The molecule has 0 aliphatic heterocycles. The molecular formula is C16H14Cl2N6O2S2. The van der Waals surface area contributed by atoms with Crippen molar-refractivity contribution in [2.24, 2.45) is 0 Å². The van der Waals surface area contributed by atoms with Gasteiger partial charge in [0.2, 0.25) is 11.0 Å². The fourth-order valence-corrected chi connectivity index (χ4v) is 3.78. The van der Waals surface area contributed by atoms with Crippen molar-refractivity contribution in [3.05, 3.63) is 52.2 Å². The maximum Gasteiger partial charge on any atom is 0.236 e. The molecule has 0 saturated heterocycles. The highest BCUT2D eigenvalue weighted by molar-refractivity contribution is 7.99. The maximum absolute atomic E-state index is 12.0. The lowest BCUT2D eigenvalue weighted by Crippen LogP contribution is -2.15. The fraction of sp³-hybridized carbons (Fsp3) is 0.188. The molecule has 2 heterocycles. The Bertz CT molecular complexity index is 964. The summed E-state index contributed by atoms with van der Waals surface area (Å²) in [7, 11) is 0. The molecule has 146 valence electrons. The van der Waals surface area contributed by atoms with Crippen LogP contribution in [0.25, 0.3) is 0 Å². The number of rotatable bonds is 9. The van der Waals surface area contributed by atoms with Crippen LogP contribution in [-0.4, -0.2) is 36.6 Å². The normalized spacial score (nSPS) is 10.6. The van der Waals surface area contributed by atoms with Crippen molar-refractivity contribution in [1.82, 2.24) is 25.0 Å². The minimum Gasteiger partial charge on any atom is -0.484 e. The van der Waals surface area contributed by atoms with Crippen LogP contribution < -0.4 is 10.1 Å². The number of halogens is 2. The number of nitrogens with zero attached hydrogens (tertiary/aromatic N) is 5. The molecule has 2 aromatic heterocycles. The number of hydrogen-bond donors (Lipinski definition) is 1. The van der Waals surface area contributed by atoms with Gasteiger partial charge in [-0.1, -0.05) is 52.4 Å². The van der Waals surface area contributed by atoms with E-state index in [1.54, 1.807) is 29.8 Å². The quantitative estimate of drug-likeness (QED) is 0.384. The van der Waals surface area contributed by atoms with E-state index in [1.807, 2.05) is 4.57 Å². The van der Waals surface area contributed by atoms with Gasteiger partial charge in [0.25, 0.3) is 0 Å². The van der Waals surface area contributed by atoms with Crippen molar-refractivity contribution in [3.63, 3.8) is 0 Å². The minimum absolute atomic E-state index is 0.152. The van der Waals surface area contributed by atoms with E-state index < -0.39 is 0 Å². The average molecular weight is 457 g/mol. The zero-order valence-electron chi connectivity index (χ0n) is 14.3. The van der Waals surface area contributed by atoms with Crippen molar-refractivity contribution >= 4 is 57.3 Å². The molecule has 0 bridgehead atoms. The SMILES string of the molecule is C=CCn1c(COc2ccc(Cl)cc2Cl)nnc1SCC(=O)Nc1nncs1. The second kappa shape index (κ2) is 9.87. The van der Waals surface area contributed by atoms with Gasteiger partial charge in [-0.25, -0.2) is 0 Å². The summed E-state index contributed by atoms with van der Waals surface area (Å²) in [6.07, 6.45) is 1.72. The van der Waals surface area contributed by atoms with Gasteiger partial charge in [0.1, 0.15) is 17.9 Å². The number of thioether (sulfide) groups is 1. The lowest BCUT2D eigenvalue weighted by Gasteiger charge is -2.10. The van der Waals surface area contributed by atoms with Gasteiger partial charge in [0.15, 0.2) is 11.0 Å². The van der Waals surface area contributed by atoms with Crippen molar-refractivity contribution < 1.29 is 9.53 Å². The Labute approximate surface area is 178 Å². The Balaban J connectivity index is 1.63. The standard InChI is InChI=1S/C16H14Cl2N6O2S2/c1-2-5-24-13(7-26-12-4-3-10(17)6-11(12)18)21-23-16(24)27-8-14(25)20-15-22-19-9-28-15/h2-4,6,9H,1,5,7-8H2,(H,20,22,25). The van der Waals surface area contributed by atoms with E-state index in [-0.39, 0.29) is 18.3 Å². The molecule has 0 aliphatic carbocycles. The predicted molar refractivity (Wildman–Crippen MR) is 110 cm³/mol. The number of hydrogen-bond acceptors (Lipinski definition) is 8. The Kier molecular flexibility index (Phi) is 7.26. The number of benzene rings is 1. The molecule has 0 atom stereocenters. The van der Waals surface area contributed by atoms with Gasteiger partial charge in [-0.05, 0) is 18.2 Å². The van der Waals surface area contributed by atoms with Gasteiger partial charge in [0, 0.05) is 11.6 Å². The van der Waals surface area contributed by atoms with Crippen LogP contribution >= 0.6 is 46.3 Å². The van der Waals surface area contributed by atoms with Crippen LogP contribution in [0.15, 0.2) is 41.5 Å². The summed E-state index contributed by atoms with van der Waals surface area (Å²) in [5.41, 5.74) is 1.54. The molecule has 12 heteroatoms. The van der Waals surface area contributed by atoms with Crippen molar-refractivity contribution in [3.8, 4) is 5.75 Å². The molecule has 1 aromatic carbocycles. The lowest BCUT2D eigenvalue weighted by molar-refractivity contribution is -0.113. The van der Waals surface area contributed by atoms with Crippen LogP contribution in [0.3, 0.4) is 0 Å². The molecule has 8 nitrogen and oxygen atoms in total. The molecular weight excluding hydrogens is 443 g/mol. The summed E-state index contributed by atoms with van der Waals surface area (Å²) in [6.45, 7) is 4.37. The molecule has 0 fully saturated rings. The van der Waals surface area contributed by atoms with Gasteiger partial charge in [-0.15, -0.1) is 27.0 Å². The third kappa shape index (κ3) is 5.44. The van der Waals surface area contributed by atoms with Crippen LogP contribution in [-0.2, 0) is 17.9 Å². The first-order chi connectivity index (χ1) is 13.6. The Hall–Kier alpha value is -2.14. The van der Waals surface area contributed by atoms with Crippen LogP contribution in [0.2, 0.25) is 10.0 Å². The van der Waals surface area contributed by atoms with E-state index in [0.29, 0.717) is 38.5 Å². The summed E-state index contributed by atoms with van der Waals surface area (Å²) < 4.78 is 7.54. The smallest absolute Gasteiger partial charge is 0.236 e. The fourth-order valence-electron chi connectivity index (χ4n) is 2.09. The molecule has 1 amide bonds. The first kappa shape index (κ1) is 20.6. The molecule has 1 N–H and O–H groups in total. The second-order valence-electron chi connectivity index (χ2n) is 5.24. The summed E-state index contributed by atoms with van der Waals surface area (Å²) >= 11 is 14.5. The maximum atomic E-state index is 12.0.